The molecule has 2 aromatic rings. The van der Waals surface area contributed by atoms with E-state index in [-0.39, 0.29) is 18.8 Å². The van der Waals surface area contributed by atoms with E-state index in [1.807, 2.05) is 30.3 Å². The van der Waals surface area contributed by atoms with Crippen molar-refractivity contribution in [3.8, 4) is 5.75 Å². The number of halogens is 4. The molecule has 0 aliphatic rings. The molecule has 0 atom stereocenters. The van der Waals surface area contributed by atoms with Crippen molar-refractivity contribution in [1.82, 2.24) is 0 Å². The summed E-state index contributed by atoms with van der Waals surface area (Å²) in [5.74, 6) is -1.15. The van der Waals surface area contributed by atoms with E-state index in [0.29, 0.717) is 4.47 Å². The van der Waals surface area contributed by atoms with Gasteiger partial charge < -0.3 is 9.47 Å². The van der Waals surface area contributed by atoms with E-state index in [1.165, 1.54) is 12.1 Å². The Morgan fingerprint density at radius 2 is 1.78 bits per heavy atom. The minimum atomic E-state index is -4.87. The van der Waals surface area contributed by atoms with Crippen LogP contribution in [0.1, 0.15) is 15.9 Å². The van der Waals surface area contributed by atoms with Crippen molar-refractivity contribution in [3.63, 3.8) is 0 Å². The second-order valence-electron chi connectivity index (χ2n) is 4.59. The molecule has 0 bridgehead atoms. The van der Waals surface area contributed by atoms with Crippen LogP contribution in [0.5, 0.6) is 5.75 Å². The van der Waals surface area contributed by atoms with Gasteiger partial charge in [-0.3, -0.25) is 4.79 Å². The van der Waals surface area contributed by atoms with Crippen LogP contribution in [-0.4, -0.2) is 18.8 Å². The van der Waals surface area contributed by atoms with Crippen LogP contribution < -0.4 is 4.74 Å². The average Bonchev–Trinajstić information content (AvgIpc) is 2.46. The molecule has 0 fully saturated rings. The van der Waals surface area contributed by atoms with Crippen LogP contribution in [0, 0.1) is 0 Å². The van der Waals surface area contributed by atoms with Gasteiger partial charge in [0.15, 0.2) is 5.78 Å². The fraction of sp³-hybridized carbons (Fsp3) is 0.188. The molecule has 0 aromatic heterocycles. The van der Waals surface area contributed by atoms with Crippen LogP contribution in [-0.2, 0) is 11.3 Å². The molecule has 0 aliphatic heterocycles. The molecular formula is C16H12BrF3O3. The monoisotopic (exact) mass is 388 g/mol. The van der Waals surface area contributed by atoms with Crippen LogP contribution in [0.15, 0.2) is 53.0 Å². The highest BCUT2D eigenvalue weighted by molar-refractivity contribution is 9.10. The fourth-order valence-corrected chi connectivity index (χ4v) is 2.19. The van der Waals surface area contributed by atoms with Crippen molar-refractivity contribution in [2.45, 2.75) is 13.0 Å². The molecule has 0 saturated heterocycles. The number of hydrogen-bond donors (Lipinski definition) is 0. The van der Waals surface area contributed by atoms with Gasteiger partial charge in [-0.25, -0.2) is 0 Å². The lowest BCUT2D eigenvalue weighted by molar-refractivity contribution is -0.274. The van der Waals surface area contributed by atoms with Gasteiger partial charge in [0.25, 0.3) is 0 Å². The lowest BCUT2D eigenvalue weighted by Crippen LogP contribution is -2.20. The number of benzene rings is 2. The predicted molar refractivity (Wildman–Crippen MR) is 81.3 cm³/mol. The summed E-state index contributed by atoms with van der Waals surface area (Å²) in [4.78, 5) is 12.1. The maximum atomic E-state index is 12.4. The van der Waals surface area contributed by atoms with Crippen molar-refractivity contribution in [2.24, 2.45) is 0 Å². The molecule has 0 saturated carbocycles. The summed E-state index contributed by atoms with van der Waals surface area (Å²) >= 11 is 3.05. The summed E-state index contributed by atoms with van der Waals surface area (Å²) in [6.45, 7) is -0.149. The molecule has 0 aliphatic carbocycles. The number of hydrogen-bond acceptors (Lipinski definition) is 3. The average molecular weight is 389 g/mol. The van der Waals surface area contributed by atoms with E-state index in [9.17, 15) is 18.0 Å². The van der Waals surface area contributed by atoms with Gasteiger partial charge in [-0.1, -0.05) is 46.3 Å². The van der Waals surface area contributed by atoms with Crippen molar-refractivity contribution < 1.29 is 27.4 Å². The highest BCUT2D eigenvalue weighted by Gasteiger charge is 2.33. The van der Waals surface area contributed by atoms with E-state index in [0.717, 1.165) is 11.6 Å². The minimum absolute atomic E-state index is 0.182. The number of Topliss-reactive ketones (excluding diaryl/α,β-unsaturated/α-hetero) is 1. The van der Waals surface area contributed by atoms with Gasteiger partial charge >= 0.3 is 6.36 Å². The topological polar surface area (TPSA) is 35.5 Å². The summed E-state index contributed by atoms with van der Waals surface area (Å²) in [6, 6.07) is 13.0. The van der Waals surface area contributed by atoms with Crippen molar-refractivity contribution in [1.29, 1.82) is 0 Å². The predicted octanol–water partition coefficient (Wildman–Crippen LogP) is 4.75. The molecule has 0 amide bonds. The normalized spacial score (nSPS) is 11.3. The summed E-state index contributed by atoms with van der Waals surface area (Å²) < 4.78 is 46.7. The van der Waals surface area contributed by atoms with Crippen LogP contribution in [0.25, 0.3) is 0 Å². The smallest absolute Gasteiger partial charge is 0.405 e. The van der Waals surface area contributed by atoms with E-state index in [2.05, 4.69) is 20.7 Å². The summed E-state index contributed by atoms with van der Waals surface area (Å²) in [7, 11) is 0. The Bertz CT molecular complexity index is 672. The Morgan fingerprint density at radius 3 is 2.43 bits per heavy atom. The zero-order chi connectivity index (χ0) is 16.9. The molecule has 0 radical (unpaired) electrons. The Kier molecular flexibility index (Phi) is 5.79. The van der Waals surface area contributed by atoms with Gasteiger partial charge in [0.05, 0.1) is 12.2 Å². The molecule has 23 heavy (non-hydrogen) atoms. The zero-order valence-electron chi connectivity index (χ0n) is 11.8. The minimum Gasteiger partial charge on any atom is -0.405 e. The molecule has 7 heteroatoms. The Morgan fingerprint density at radius 1 is 1.09 bits per heavy atom. The zero-order valence-corrected chi connectivity index (χ0v) is 13.4. The molecular weight excluding hydrogens is 377 g/mol. The molecule has 0 spiro atoms. The Balaban J connectivity index is 2.04. The molecule has 0 N–H and O–H groups in total. The third-order valence-corrected chi connectivity index (χ3v) is 3.31. The molecule has 122 valence electrons. The SMILES string of the molecule is O=C(COCc1ccccc1)c1ccc(Br)cc1OC(F)(F)F. The first-order chi connectivity index (χ1) is 10.8. The molecule has 0 heterocycles. The Labute approximate surface area is 139 Å². The quantitative estimate of drug-likeness (QED) is 0.670. The summed E-state index contributed by atoms with van der Waals surface area (Å²) in [5, 5.41) is 0. The highest BCUT2D eigenvalue weighted by Crippen LogP contribution is 2.29. The number of carbonyl (C=O) groups is 1. The first-order valence-electron chi connectivity index (χ1n) is 6.55. The maximum Gasteiger partial charge on any atom is 0.573 e. The Hall–Kier alpha value is -1.86. The molecule has 2 rings (SSSR count). The van der Waals surface area contributed by atoms with E-state index >= 15 is 0 Å². The van der Waals surface area contributed by atoms with E-state index < -0.39 is 17.9 Å². The third kappa shape index (κ3) is 5.69. The fourth-order valence-electron chi connectivity index (χ4n) is 1.85. The van der Waals surface area contributed by atoms with Crippen molar-refractivity contribution in [3.05, 3.63) is 64.1 Å². The second-order valence-corrected chi connectivity index (χ2v) is 5.51. The lowest BCUT2D eigenvalue weighted by Gasteiger charge is -2.13. The summed E-state index contributed by atoms with van der Waals surface area (Å²) in [6.07, 6.45) is -4.87. The standard InChI is InChI=1S/C16H12BrF3O3/c17-12-6-7-13(15(8-12)23-16(18,19)20)14(21)10-22-9-11-4-2-1-3-5-11/h1-8H,9-10H2. The van der Waals surface area contributed by atoms with Gasteiger partial charge in [0.2, 0.25) is 0 Å². The first-order valence-corrected chi connectivity index (χ1v) is 7.34. The van der Waals surface area contributed by atoms with Crippen LogP contribution in [0.3, 0.4) is 0 Å². The lowest BCUT2D eigenvalue weighted by atomic mass is 10.1. The van der Waals surface area contributed by atoms with Crippen molar-refractivity contribution in [2.75, 3.05) is 6.61 Å². The van der Waals surface area contributed by atoms with E-state index in [1.54, 1.807) is 0 Å². The molecule has 2 aromatic carbocycles. The van der Waals surface area contributed by atoms with Gasteiger partial charge in [0.1, 0.15) is 12.4 Å². The number of carbonyl (C=O) groups excluding carboxylic acids is 1. The van der Waals surface area contributed by atoms with Gasteiger partial charge in [0, 0.05) is 4.47 Å². The van der Waals surface area contributed by atoms with Crippen LogP contribution in [0.4, 0.5) is 13.2 Å². The summed E-state index contributed by atoms with van der Waals surface area (Å²) in [5.41, 5.74) is 0.682. The van der Waals surface area contributed by atoms with Gasteiger partial charge in [-0.15, -0.1) is 13.2 Å². The largest absolute Gasteiger partial charge is 0.573 e. The number of ether oxygens (including phenoxy) is 2. The second kappa shape index (κ2) is 7.61. The van der Waals surface area contributed by atoms with Crippen LogP contribution >= 0.6 is 15.9 Å². The number of ketones is 1. The highest BCUT2D eigenvalue weighted by atomic mass is 79.9. The third-order valence-electron chi connectivity index (χ3n) is 2.81. The van der Waals surface area contributed by atoms with E-state index in [4.69, 9.17) is 4.74 Å². The van der Waals surface area contributed by atoms with Gasteiger partial charge in [-0.05, 0) is 23.8 Å². The van der Waals surface area contributed by atoms with Crippen molar-refractivity contribution >= 4 is 21.7 Å². The number of rotatable bonds is 6. The maximum absolute atomic E-state index is 12.4. The number of alkyl halides is 3. The van der Waals surface area contributed by atoms with Crippen LogP contribution in [0.2, 0.25) is 0 Å². The molecule has 0 unspecified atom stereocenters. The first kappa shape index (κ1) is 17.5. The molecule has 3 nitrogen and oxygen atoms in total. The van der Waals surface area contributed by atoms with Gasteiger partial charge in [-0.2, -0.15) is 0 Å².